The third-order valence-electron chi connectivity index (χ3n) is 3.65. The average Bonchev–Trinajstić information content (AvgIpc) is 2.62. The van der Waals surface area contributed by atoms with Gasteiger partial charge in [-0.15, -0.1) is 0 Å². The van der Waals surface area contributed by atoms with Gasteiger partial charge in [-0.25, -0.2) is 14.4 Å². The fraction of sp³-hybridized carbons (Fsp3) is 0.500. The van der Waals surface area contributed by atoms with Crippen LogP contribution < -0.4 is 0 Å². The molecule has 0 radical (unpaired) electrons. The summed E-state index contributed by atoms with van der Waals surface area (Å²) in [5, 5.41) is 29.7. The molecule has 27 heavy (non-hydrogen) atoms. The summed E-state index contributed by atoms with van der Waals surface area (Å²) < 4.78 is 15.2. The molecule has 0 saturated carbocycles. The van der Waals surface area contributed by atoms with Gasteiger partial charge < -0.3 is 29.5 Å². The van der Waals surface area contributed by atoms with Gasteiger partial charge in [-0.3, -0.25) is 0 Å². The van der Waals surface area contributed by atoms with E-state index in [0.717, 1.165) is 0 Å². The molecule has 0 bridgehead atoms. The Bertz CT molecular complexity index is 631. The Morgan fingerprint density at radius 1 is 0.704 bits per heavy atom. The highest BCUT2D eigenvalue weighted by Gasteiger charge is 2.58. The van der Waals surface area contributed by atoms with Crippen LogP contribution in [0.3, 0.4) is 0 Å². The fourth-order valence-corrected chi connectivity index (χ4v) is 1.81. The number of esters is 3. The molecule has 9 nitrogen and oxygen atoms in total. The summed E-state index contributed by atoms with van der Waals surface area (Å²) in [5.74, 6) is -2.96. The minimum absolute atomic E-state index is 0.00518. The molecule has 1 atom stereocenters. The monoisotopic (exact) mass is 386 g/mol. The number of aliphatic hydroxyl groups is 3. The van der Waals surface area contributed by atoms with Crippen molar-refractivity contribution in [2.75, 3.05) is 26.4 Å². The van der Waals surface area contributed by atoms with E-state index < -0.39 is 55.5 Å². The second-order valence-electron chi connectivity index (χ2n) is 6.16. The summed E-state index contributed by atoms with van der Waals surface area (Å²) in [6.07, 6.45) is 0. The average molecular weight is 386 g/mol. The molecule has 1 unspecified atom stereocenters. The van der Waals surface area contributed by atoms with Gasteiger partial charge in [0.2, 0.25) is 11.2 Å². The van der Waals surface area contributed by atoms with E-state index in [9.17, 15) is 29.7 Å². The summed E-state index contributed by atoms with van der Waals surface area (Å²) in [4.78, 5) is 35.8. The minimum Gasteiger partial charge on any atom is -0.458 e. The number of rotatable bonds is 11. The van der Waals surface area contributed by atoms with Crippen molar-refractivity contribution in [3.63, 3.8) is 0 Å². The largest absolute Gasteiger partial charge is 0.458 e. The van der Waals surface area contributed by atoms with Crippen LogP contribution in [-0.4, -0.2) is 70.9 Å². The lowest BCUT2D eigenvalue weighted by molar-refractivity contribution is -0.248. The molecule has 0 aromatic heterocycles. The molecule has 0 aliphatic rings. The first kappa shape index (κ1) is 24.5. The lowest BCUT2D eigenvalue weighted by Crippen LogP contribution is -2.68. The maximum atomic E-state index is 12.1. The molecular formula is C18H26O9. The van der Waals surface area contributed by atoms with Crippen LogP contribution in [0.25, 0.3) is 0 Å². The van der Waals surface area contributed by atoms with Crippen molar-refractivity contribution in [2.24, 2.45) is 0 Å². The summed E-state index contributed by atoms with van der Waals surface area (Å²) in [6.45, 7) is 10.1. The van der Waals surface area contributed by atoms with Gasteiger partial charge in [-0.2, -0.15) is 0 Å². The van der Waals surface area contributed by atoms with Crippen LogP contribution in [0.1, 0.15) is 20.8 Å². The maximum Gasteiger partial charge on any atom is 0.334 e. The topological polar surface area (TPSA) is 140 Å². The van der Waals surface area contributed by atoms with Crippen molar-refractivity contribution in [1.29, 1.82) is 0 Å². The normalized spacial score (nSPS) is 13.1. The smallest absolute Gasteiger partial charge is 0.334 e. The van der Waals surface area contributed by atoms with Gasteiger partial charge in [0, 0.05) is 16.7 Å². The summed E-state index contributed by atoms with van der Waals surface area (Å²) in [7, 11) is 0. The van der Waals surface area contributed by atoms with Crippen LogP contribution >= 0.6 is 0 Å². The number of hydrogen-bond donors (Lipinski definition) is 3. The standard InChI is InChI=1S/C18H26O9/c1-11(2)14(22)25-10-18(9-21,27-16(24)13(5)6)17(7-19,8-20)26-15(23)12(3)4/h19-21H,1,3,5,7-10H2,2,4,6H3. The Hall–Kier alpha value is -2.49. The predicted molar refractivity (Wildman–Crippen MR) is 94.3 cm³/mol. The van der Waals surface area contributed by atoms with Gasteiger partial charge in [0.15, 0.2) is 0 Å². The highest BCUT2D eigenvalue weighted by molar-refractivity contribution is 5.89. The molecule has 0 aliphatic carbocycles. The van der Waals surface area contributed by atoms with Crippen molar-refractivity contribution in [3.05, 3.63) is 36.5 Å². The van der Waals surface area contributed by atoms with Crippen LogP contribution in [0.4, 0.5) is 0 Å². The molecule has 3 N–H and O–H groups in total. The van der Waals surface area contributed by atoms with E-state index in [-0.39, 0.29) is 16.7 Å². The van der Waals surface area contributed by atoms with Gasteiger partial charge >= 0.3 is 17.9 Å². The van der Waals surface area contributed by atoms with E-state index >= 15 is 0 Å². The minimum atomic E-state index is -2.35. The Morgan fingerprint density at radius 2 is 1.04 bits per heavy atom. The fourth-order valence-electron chi connectivity index (χ4n) is 1.81. The van der Waals surface area contributed by atoms with Crippen molar-refractivity contribution in [1.82, 2.24) is 0 Å². The van der Waals surface area contributed by atoms with E-state index in [0.29, 0.717) is 0 Å². The Kier molecular flexibility index (Phi) is 9.08. The third kappa shape index (κ3) is 5.75. The molecule has 152 valence electrons. The number of aliphatic hydroxyl groups excluding tert-OH is 3. The highest BCUT2D eigenvalue weighted by Crippen LogP contribution is 2.32. The number of carbonyl (C=O) groups is 3. The molecule has 0 fully saturated rings. The number of ether oxygens (including phenoxy) is 3. The Labute approximate surface area is 157 Å². The summed E-state index contributed by atoms with van der Waals surface area (Å²) in [5.41, 5.74) is -4.85. The highest BCUT2D eigenvalue weighted by atomic mass is 16.6. The zero-order valence-electron chi connectivity index (χ0n) is 15.7. The van der Waals surface area contributed by atoms with Crippen LogP contribution in [0, 0.1) is 0 Å². The number of carbonyl (C=O) groups excluding carboxylic acids is 3. The van der Waals surface area contributed by atoms with Crippen LogP contribution in [0.2, 0.25) is 0 Å². The molecule has 9 heteroatoms. The molecule has 0 aromatic rings. The van der Waals surface area contributed by atoms with Gasteiger partial charge in [0.05, 0.1) is 19.8 Å². The molecule has 0 rings (SSSR count). The first-order valence-corrected chi connectivity index (χ1v) is 7.85. The lowest BCUT2D eigenvalue weighted by Gasteiger charge is -2.45. The zero-order chi connectivity index (χ0) is 21.4. The van der Waals surface area contributed by atoms with Gasteiger partial charge in [-0.05, 0) is 20.8 Å². The molecule has 0 aromatic carbocycles. The first-order valence-electron chi connectivity index (χ1n) is 7.85. The summed E-state index contributed by atoms with van der Waals surface area (Å²) >= 11 is 0. The zero-order valence-corrected chi connectivity index (χ0v) is 15.7. The van der Waals surface area contributed by atoms with E-state index in [1.807, 2.05) is 0 Å². The van der Waals surface area contributed by atoms with Crippen LogP contribution in [0.15, 0.2) is 36.5 Å². The van der Waals surface area contributed by atoms with E-state index in [1.165, 1.54) is 20.8 Å². The molecule has 0 saturated heterocycles. The summed E-state index contributed by atoms with van der Waals surface area (Å²) in [6, 6.07) is 0. The van der Waals surface area contributed by atoms with Gasteiger partial charge in [0.25, 0.3) is 0 Å². The maximum absolute atomic E-state index is 12.1. The molecule has 0 spiro atoms. The van der Waals surface area contributed by atoms with Crippen molar-refractivity contribution in [3.8, 4) is 0 Å². The second-order valence-corrected chi connectivity index (χ2v) is 6.16. The van der Waals surface area contributed by atoms with Gasteiger partial charge in [0.1, 0.15) is 6.61 Å². The first-order chi connectivity index (χ1) is 12.4. The predicted octanol–water partition coefficient (Wildman–Crippen LogP) is -0.201. The van der Waals surface area contributed by atoms with Gasteiger partial charge in [-0.1, -0.05) is 19.7 Å². The second kappa shape index (κ2) is 10.0. The van der Waals surface area contributed by atoms with Crippen molar-refractivity contribution < 1.29 is 43.9 Å². The van der Waals surface area contributed by atoms with E-state index in [2.05, 4.69) is 19.7 Å². The third-order valence-corrected chi connectivity index (χ3v) is 3.65. The van der Waals surface area contributed by atoms with E-state index in [4.69, 9.17) is 14.2 Å². The Balaban J connectivity index is 6.24. The molecule has 0 amide bonds. The SMILES string of the molecule is C=C(C)C(=O)OCC(CO)(OC(=O)C(=C)C)C(CO)(CO)OC(=O)C(=C)C. The lowest BCUT2D eigenvalue weighted by atomic mass is 9.83. The van der Waals surface area contributed by atoms with Crippen LogP contribution in [-0.2, 0) is 28.6 Å². The molecule has 0 heterocycles. The quantitative estimate of drug-likeness (QED) is 0.250. The number of hydrogen-bond acceptors (Lipinski definition) is 9. The molecule has 0 aliphatic heterocycles. The van der Waals surface area contributed by atoms with Crippen molar-refractivity contribution in [2.45, 2.75) is 32.0 Å². The van der Waals surface area contributed by atoms with Crippen LogP contribution in [0.5, 0.6) is 0 Å². The van der Waals surface area contributed by atoms with E-state index in [1.54, 1.807) is 0 Å². The Morgan fingerprint density at radius 3 is 1.33 bits per heavy atom. The van der Waals surface area contributed by atoms with Crippen molar-refractivity contribution >= 4 is 17.9 Å². The molecular weight excluding hydrogens is 360 g/mol.